The summed E-state index contributed by atoms with van der Waals surface area (Å²) >= 11 is 0. The predicted octanol–water partition coefficient (Wildman–Crippen LogP) is 5.96. The number of phenolic OH excluding ortho intramolecular Hbond substituents is 1. The third-order valence-corrected chi connectivity index (χ3v) is 7.91. The predicted molar refractivity (Wildman–Crippen MR) is 171 cm³/mol. The Hall–Kier alpha value is -4.00. The van der Waals surface area contributed by atoms with Crippen LogP contribution in [0.2, 0.25) is 0 Å². The molecule has 0 radical (unpaired) electrons. The molecule has 0 saturated carbocycles. The van der Waals surface area contributed by atoms with Crippen LogP contribution in [-0.2, 0) is 17.4 Å². The van der Waals surface area contributed by atoms with Crippen molar-refractivity contribution in [1.29, 1.82) is 10.8 Å². The molecule has 4 rings (SSSR count). The highest BCUT2D eigenvalue weighted by atomic mass is 16.3. The van der Waals surface area contributed by atoms with Gasteiger partial charge in [-0.05, 0) is 53.0 Å². The van der Waals surface area contributed by atoms with Crippen molar-refractivity contribution in [3.8, 4) is 16.9 Å². The number of nitrogens with zero attached hydrogens (tertiary/aromatic N) is 1. The highest BCUT2D eigenvalue weighted by Gasteiger charge is 2.32. The number of nitrogens with one attached hydrogen (secondary N) is 2. The van der Waals surface area contributed by atoms with Crippen LogP contribution >= 0.6 is 0 Å². The number of hydrogen-bond donors (Lipinski definition) is 4. The summed E-state index contributed by atoms with van der Waals surface area (Å²) in [6, 6.07) is 17.0. The van der Waals surface area contributed by atoms with Crippen LogP contribution in [0.15, 0.2) is 64.2 Å². The molecule has 5 N–H and O–H groups in total. The van der Waals surface area contributed by atoms with Gasteiger partial charge in [0, 0.05) is 17.5 Å². The third kappa shape index (κ3) is 6.89. The van der Waals surface area contributed by atoms with E-state index in [1.807, 2.05) is 31.2 Å². The number of aromatic hydroxyl groups is 1. The average molecular weight is 571 g/mol. The molecule has 42 heavy (non-hydrogen) atoms. The van der Waals surface area contributed by atoms with Gasteiger partial charge < -0.3 is 10.8 Å². The molecule has 0 bridgehead atoms. The lowest BCUT2D eigenvalue weighted by molar-refractivity contribution is 0.284. The number of unbranched alkanes of at least 4 members (excludes halogenated alkanes) is 1. The average Bonchev–Trinajstić information content (AvgIpc) is 3.12. The summed E-state index contributed by atoms with van der Waals surface area (Å²) in [5.41, 5.74) is 9.58. The van der Waals surface area contributed by atoms with Gasteiger partial charge in [-0.1, -0.05) is 98.2 Å². The topological polar surface area (TPSA) is 133 Å². The van der Waals surface area contributed by atoms with E-state index < -0.39 is 0 Å². The van der Waals surface area contributed by atoms with Crippen molar-refractivity contribution in [2.75, 3.05) is 5.73 Å². The summed E-state index contributed by atoms with van der Waals surface area (Å²) in [5.74, 6) is 0.198. The van der Waals surface area contributed by atoms with Crippen molar-refractivity contribution < 1.29 is 5.11 Å². The van der Waals surface area contributed by atoms with Crippen LogP contribution in [0.5, 0.6) is 5.75 Å². The monoisotopic (exact) mass is 570 g/mol. The molecule has 0 amide bonds. The molecule has 2 aromatic carbocycles. The number of nitrogen functional groups attached to an aromatic ring is 1. The van der Waals surface area contributed by atoms with Gasteiger partial charge in [-0.15, -0.1) is 0 Å². The molecule has 2 aromatic rings. The molecule has 7 nitrogen and oxygen atoms in total. The molecule has 1 heterocycles. The Bertz CT molecular complexity index is 1660. The normalized spacial score (nSPS) is 12.3. The van der Waals surface area contributed by atoms with Crippen molar-refractivity contribution in [3.63, 3.8) is 0 Å². The second-order valence-corrected chi connectivity index (χ2v) is 13.6. The maximum atomic E-state index is 11.9. The van der Waals surface area contributed by atoms with E-state index in [1.54, 1.807) is 0 Å². The molecular formula is C35H46N4O3. The van der Waals surface area contributed by atoms with Gasteiger partial charge in [0.05, 0.1) is 27.5 Å². The number of aromatic nitrogens is 1. The van der Waals surface area contributed by atoms with Gasteiger partial charge in [-0.3, -0.25) is 25.0 Å². The lowest BCUT2D eigenvalue weighted by Gasteiger charge is -2.35. The molecule has 0 spiro atoms. The Kier molecular flexibility index (Phi) is 9.35. The van der Waals surface area contributed by atoms with Crippen molar-refractivity contribution in [1.82, 2.24) is 4.57 Å². The third-order valence-electron chi connectivity index (χ3n) is 7.91. The number of anilines is 1. The summed E-state index contributed by atoms with van der Waals surface area (Å²) in [4.78, 5) is 23.9. The Labute approximate surface area is 248 Å². The lowest BCUT2D eigenvalue weighted by Crippen LogP contribution is -2.26. The minimum atomic E-state index is -0.341. The number of hydrogen-bond acceptors (Lipinski definition) is 6. The Balaban J connectivity index is 0.000000247. The van der Waals surface area contributed by atoms with E-state index in [0.717, 1.165) is 30.4 Å². The van der Waals surface area contributed by atoms with Crippen molar-refractivity contribution in [2.45, 2.75) is 92.0 Å². The maximum absolute atomic E-state index is 11.9. The van der Waals surface area contributed by atoms with Crippen LogP contribution in [0, 0.1) is 16.2 Å². The highest BCUT2D eigenvalue weighted by molar-refractivity contribution is 5.64. The van der Waals surface area contributed by atoms with Crippen LogP contribution in [-0.4, -0.2) is 9.67 Å². The van der Waals surface area contributed by atoms with Gasteiger partial charge in [0.25, 0.3) is 11.1 Å². The summed E-state index contributed by atoms with van der Waals surface area (Å²) in [6.45, 7) is 17.9. The van der Waals surface area contributed by atoms with E-state index in [9.17, 15) is 14.7 Å². The van der Waals surface area contributed by atoms with Crippen LogP contribution in [0.1, 0.15) is 91.3 Å². The van der Waals surface area contributed by atoms with Gasteiger partial charge in [0.1, 0.15) is 5.75 Å². The van der Waals surface area contributed by atoms with E-state index in [0.29, 0.717) is 12.2 Å². The first-order valence-corrected chi connectivity index (χ1v) is 14.6. The van der Waals surface area contributed by atoms with Crippen LogP contribution in [0.4, 0.5) is 5.69 Å². The van der Waals surface area contributed by atoms with E-state index in [-0.39, 0.29) is 55.0 Å². The zero-order valence-corrected chi connectivity index (χ0v) is 26.3. The minimum Gasteiger partial charge on any atom is -0.505 e. The highest BCUT2D eigenvalue weighted by Crippen LogP contribution is 2.44. The molecular weight excluding hydrogens is 524 g/mol. The molecule has 0 aromatic heterocycles. The largest absolute Gasteiger partial charge is 0.505 e. The van der Waals surface area contributed by atoms with Crippen LogP contribution < -0.4 is 27.6 Å². The molecule has 0 atom stereocenters. The molecule has 1 aliphatic heterocycles. The second-order valence-electron chi connectivity index (χ2n) is 13.6. The van der Waals surface area contributed by atoms with E-state index >= 15 is 0 Å². The Morgan fingerprint density at radius 2 is 1.33 bits per heavy atom. The fourth-order valence-corrected chi connectivity index (χ4v) is 5.82. The van der Waals surface area contributed by atoms with Gasteiger partial charge >= 0.3 is 0 Å². The van der Waals surface area contributed by atoms with Crippen LogP contribution in [0.25, 0.3) is 11.1 Å². The zero-order valence-electron chi connectivity index (χ0n) is 26.3. The first-order valence-electron chi connectivity index (χ1n) is 14.6. The number of phenols is 1. The van der Waals surface area contributed by atoms with Gasteiger partial charge in [-0.2, -0.15) is 0 Å². The molecule has 0 saturated heterocycles. The van der Waals surface area contributed by atoms with Crippen molar-refractivity contribution in [2.24, 2.45) is 5.41 Å². The van der Waals surface area contributed by atoms with Gasteiger partial charge in [0.15, 0.2) is 0 Å². The van der Waals surface area contributed by atoms with Crippen LogP contribution in [0.3, 0.4) is 0 Å². The molecule has 0 unspecified atom stereocenters. The van der Waals surface area contributed by atoms with Crippen molar-refractivity contribution >= 4 is 5.69 Å². The quantitative estimate of drug-likeness (QED) is 0.161. The van der Waals surface area contributed by atoms with E-state index in [1.165, 1.54) is 22.3 Å². The standard InChI is InChI=1S/C23H33NO.C12H13N3O2/c1-21(2,3)15-22(4,5)17-13-18(20(25)19(24)14-17)23(6,7)16-11-9-8-10-12-16;1-2-3-4-15-11(16)7-5-9(13)10(14)6-8(7)12(15)17/h8-14,25H,15,24H2,1-7H3;5-6,13-14H,2-4H2,1H3. The smallest absolute Gasteiger partial charge is 0.261 e. The van der Waals surface area contributed by atoms with Gasteiger partial charge in [0.2, 0.25) is 0 Å². The number of nitrogens with two attached hydrogens (primary N) is 1. The van der Waals surface area contributed by atoms with Gasteiger partial charge in [-0.25, -0.2) is 0 Å². The first-order chi connectivity index (χ1) is 19.4. The number of benzene rings is 3. The zero-order chi connectivity index (χ0) is 31.6. The van der Waals surface area contributed by atoms with E-state index in [2.05, 4.69) is 66.7 Å². The van der Waals surface area contributed by atoms with Crippen molar-refractivity contribution in [3.05, 3.63) is 103 Å². The fourth-order valence-electron chi connectivity index (χ4n) is 5.82. The van der Waals surface area contributed by atoms with E-state index in [4.69, 9.17) is 16.6 Å². The second kappa shape index (κ2) is 12.1. The molecule has 2 aliphatic rings. The number of fused-ring (bicyclic) bond motifs is 1. The summed E-state index contributed by atoms with van der Waals surface area (Å²) < 4.78 is 1.20. The maximum Gasteiger partial charge on any atom is 0.261 e. The Morgan fingerprint density at radius 1 is 0.810 bits per heavy atom. The minimum absolute atomic E-state index is 0.0257. The summed E-state index contributed by atoms with van der Waals surface area (Å²) in [7, 11) is 0. The molecule has 224 valence electrons. The lowest BCUT2D eigenvalue weighted by atomic mass is 9.70. The molecule has 7 heteroatoms. The summed E-state index contributed by atoms with van der Waals surface area (Å²) in [6.07, 6.45) is 2.71. The molecule has 0 fully saturated rings. The fraction of sp³-hybridized carbons (Fsp3) is 0.429. The summed E-state index contributed by atoms with van der Waals surface area (Å²) in [5, 5.41) is 25.6. The molecule has 1 aliphatic carbocycles. The Morgan fingerprint density at radius 3 is 1.81 bits per heavy atom. The first kappa shape index (κ1) is 32.5. The number of rotatable bonds is 7. The SMILES string of the molecule is CC(C)(C)CC(C)(C)c1cc(N)c(O)c(C(C)(C)c2ccccc2)c1.CCCCn1c(=O)c2cc(=N)c(=N)cc-2c1=O.